The van der Waals surface area contributed by atoms with Crippen LogP contribution >= 0.6 is 46.1 Å². The van der Waals surface area contributed by atoms with E-state index >= 15 is 0 Å². The molecule has 1 aliphatic rings. The Bertz CT molecular complexity index is 1170. The monoisotopic (exact) mass is 481 g/mol. The summed E-state index contributed by atoms with van der Waals surface area (Å²) in [6.07, 6.45) is 3.06. The maximum absolute atomic E-state index is 12.9. The third-order valence-corrected chi connectivity index (χ3v) is 7.92. The molecule has 158 valence electrons. The van der Waals surface area contributed by atoms with Crippen LogP contribution in [0.3, 0.4) is 0 Å². The van der Waals surface area contributed by atoms with Crippen molar-refractivity contribution in [3.63, 3.8) is 0 Å². The number of nitrogens with two attached hydrogens (primary N) is 1. The predicted octanol–water partition coefficient (Wildman–Crippen LogP) is 7.24. The zero-order chi connectivity index (χ0) is 21.8. The molecule has 1 aromatic carbocycles. The molecule has 8 heteroatoms. The van der Waals surface area contributed by atoms with E-state index in [1.165, 1.54) is 29.0 Å². The average Bonchev–Trinajstić information content (AvgIpc) is 2.99. The molecule has 0 fully saturated rings. The number of pyridine rings is 1. The topological polar surface area (TPSA) is 68.0 Å². The number of carbonyl (C=O) groups is 1. The fraction of sp³-hybridized carbons (Fsp3) is 0.364. The average molecular weight is 483 g/mol. The van der Waals surface area contributed by atoms with Crippen molar-refractivity contribution in [3.8, 4) is 0 Å². The summed E-state index contributed by atoms with van der Waals surface area (Å²) in [4.78, 5) is 18.9. The highest BCUT2D eigenvalue weighted by atomic mass is 35.5. The van der Waals surface area contributed by atoms with Gasteiger partial charge in [-0.1, -0.05) is 55.6 Å². The van der Waals surface area contributed by atoms with E-state index in [4.69, 9.17) is 45.5 Å². The van der Waals surface area contributed by atoms with Gasteiger partial charge in [-0.15, -0.1) is 11.3 Å². The van der Waals surface area contributed by atoms with Crippen molar-refractivity contribution >= 4 is 73.6 Å². The maximum Gasteiger partial charge on any atom is 0.267 e. The van der Waals surface area contributed by atoms with Crippen LogP contribution in [0.5, 0.6) is 0 Å². The number of amides is 1. The van der Waals surface area contributed by atoms with Crippen molar-refractivity contribution in [2.75, 3.05) is 11.1 Å². The van der Waals surface area contributed by atoms with E-state index in [9.17, 15) is 4.79 Å². The molecule has 1 aliphatic carbocycles. The molecule has 4 rings (SSSR count). The largest absolute Gasteiger partial charge is 0.397 e. The second-order valence-electron chi connectivity index (χ2n) is 8.80. The third kappa shape index (κ3) is 4.01. The standard InChI is InChI=1S/C22H22Cl3N3OS/c1-22(2,3)11-4-5-16-10(6-11)7-12-18(26)19(30-21(12)28-16)20(29)27-17-9-14(24)13(23)8-15(17)25/h7-9,11H,4-6,26H2,1-3H3,(H,27,29). The van der Waals surface area contributed by atoms with E-state index in [1.54, 1.807) is 0 Å². The highest BCUT2D eigenvalue weighted by Crippen LogP contribution is 2.41. The molecule has 3 N–H and O–H groups in total. The van der Waals surface area contributed by atoms with Crippen molar-refractivity contribution in [2.24, 2.45) is 11.3 Å². The molecule has 0 bridgehead atoms. The SMILES string of the molecule is CC(C)(C)C1CCc2nc3sc(C(=O)Nc4cc(Cl)c(Cl)cc4Cl)c(N)c3cc2C1. The van der Waals surface area contributed by atoms with Crippen LogP contribution in [0.1, 0.15) is 48.1 Å². The molecule has 30 heavy (non-hydrogen) atoms. The minimum atomic E-state index is -0.346. The van der Waals surface area contributed by atoms with E-state index in [1.807, 2.05) is 0 Å². The number of nitrogen functional groups attached to an aromatic ring is 1. The lowest BCUT2D eigenvalue weighted by Gasteiger charge is -2.34. The van der Waals surface area contributed by atoms with Crippen LogP contribution in [0.4, 0.5) is 11.4 Å². The van der Waals surface area contributed by atoms with Gasteiger partial charge in [-0.25, -0.2) is 4.98 Å². The second kappa shape index (κ2) is 7.86. The Morgan fingerprint density at radius 3 is 2.57 bits per heavy atom. The smallest absolute Gasteiger partial charge is 0.267 e. The van der Waals surface area contributed by atoms with E-state index < -0.39 is 0 Å². The summed E-state index contributed by atoms with van der Waals surface area (Å²) in [6, 6.07) is 5.14. The van der Waals surface area contributed by atoms with Gasteiger partial charge in [-0.3, -0.25) is 4.79 Å². The summed E-state index contributed by atoms with van der Waals surface area (Å²) in [6.45, 7) is 6.85. The maximum atomic E-state index is 12.9. The summed E-state index contributed by atoms with van der Waals surface area (Å²) in [7, 11) is 0. The van der Waals surface area contributed by atoms with Crippen LogP contribution < -0.4 is 11.1 Å². The molecule has 0 saturated heterocycles. The molecular weight excluding hydrogens is 461 g/mol. The Kier molecular flexibility index (Phi) is 5.69. The summed E-state index contributed by atoms with van der Waals surface area (Å²) >= 11 is 19.5. The van der Waals surface area contributed by atoms with E-state index in [0.717, 1.165) is 35.2 Å². The highest BCUT2D eigenvalue weighted by molar-refractivity contribution is 7.21. The van der Waals surface area contributed by atoms with Crippen molar-refractivity contribution in [3.05, 3.63) is 49.4 Å². The van der Waals surface area contributed by atoms with Crippen molar-refractivity contribution in [1.82, 2.24) is 4.98 Å². The van der Waals surface area contributed by atoms with Crippen LogP contribution in [0, 0.1) is 11.3 Å². The van der Waals surface area contributed by atoms with Gasteiger partial charge in [0, 0.05) is 11.1 Å². The summed E-state index contributed by atoms with van der Waals surface area (Å²) in [5.41, 5.74) is 9.79. The Morgan fingerprint density at radius 2 is 1.87 bits per heavy atom. The van der Waals surface area contributed by atoms with Gasteiger partial charge in [0.15, 0.2) is 0 Å². The number of nitrogens with zero attached hydrogens (tertiary/aromatic N) is 1. The number of aromatic nitrogens is 1. The zero-order valence-electron chi connectivity index (χ0n) is 16.9. The third-order valence-electron chi connectivity index (χ3n) is 5.77. The number of halogens is 3. The van der Waals surface area contributed by atoms with Crippen LogP contribution in [-0.4, -0.2) is 10.9 Å². The lowest BCUT2D eigenvalue weighted by Crippen LogP contribution is -2.27. The summed E-state index contributed by atoms with van der Waals surface area (Å²) in [5.74, 6) is 0.255. The quantitative estimate of drug-likeness (QED) is 0.378. The number of anilines is 2. The van der Waals surface area contributed by atoms with Crippen molar-refractivity contribution in [2.45, 2.75) is 40.0 Å². The first kappa shape index (κ1) is 21.7. The molecule has 2 heterocycles. The summed E-state index contributed by atoms with van der Waals surface area (Å²) in [5, 5.41) is 4.55. The number of aryl methyl sites for hydroxylation is 1. The second-order valence-corrected chi connectivity index (χ2v) is 11.0. The fourth-order valence-corrected chi connectivity index (χ4v) is 5.48. The molecule has 2 aromatic heterocycles. The fourth-order valence-electron chi connectivity index (χ4n) is 3.90. The van der Waals surface area contributed by atoms with Crippen LogP contribution in [0.15, 0.2) is 18.2 Å². The first-order valence-electron chi connectivity index (χ1n) is 9.71. The van der Waals surface area contributed by atoms with Gasteiger partial charge in [0.25, 0.3) is 5.91 Å². The Hall–Kier alpha value is -1.53. The molecule has 3 aromatic rings. The normalized spacial score (nSPS) is 16.5. The van der Waals surface area contributed by atoms with Gasteiger partial charge in [0.1, 0.15) is 9.71 Å². The number of rotatable bonds is 2. The lowest BCUT2D eigenvalue weighted by atomic mass is 9.71. The molecule has 1 amide bonds. The van der Waals surface area contributed by atoms with E-state index in [-0.39, 0.29) is 11.3 Å². The minimum absolute atomic E-state index is 0.247. The van der Waals surface area contributed by atoms with Gasteiger partial charge < -0.3 is 11.1 Å². The van der Waals surface area contributed by atoms with Crippen molar-refractivity contribution < 1.29 is 4.79 Å². The predicted molar refractivity (Wildman–Crippen MR) is 128 cm³/mol. The van der Waals surface area contributed by atoms with E-state index in [2.05, 4.69) is 32.2 Å². The number of nitrogens with one attached hydrogen (secondary N) is 1. The minimum Gasteiger partial charge on any atom is -0.397 e. The number of hydrogen-bond acceptors (Lipinski definition) is 4. The van der Waals surface area contributed by atoms with Crippen LogP contribution in [0.25, 0.3) is 10.2 Å². The number of fused-ring (bicyclic) bond motifs is 2. The molecule has 0 radical (unpaired) electrons. The zero-order valence-corrected chi connectivity index (χ0v) is 20.0. The molecule has 1 unspecified atom stereocenters. The molecule has 0 aliphatic heterocycles. The van der Waals surface area contributed by atoms with Crippen LogP contribution in [0.2, 0.25) is 15.1 Å². The van der Waals surface area contributed by atoms with E-state index in [0.29, 0.717) is 37.2 Å². The molecule has 0 saturated carbocycles. The Balaban J connectivity index is 1.67. The Morgan fingerprint density at radius 1 is 1.17 bits per heavy atom. The van der Waals surface area contributed by atoms with Gasteiger partial charge in [-0.2, -0.15) is 0 Å². The van der Waals surface area contributed by atoms with Crippen molar-refractivity contribution in [1.29, 1.82) is 0 Å². The first-order chi connectivity index (χ1) is 14.0. The molecule has 4 nitrogen and oxygen atoms in total. The molecule has 0 spiro atoms. The van der Waals surface area contributed by atoms with Gasteiger partial charge >= 0.3 is 0 Å². The molecular formula is C22H22Cl3N3OS. The van der Waals surface area contributed by atoms with Gasteiger partial charge in [0.05, 0.1) is 26.4 Å². The number of thiophene rings is 1. The molecule has 1 atom stereocenters. The number of hydrogen-bond donors (Lipinski definition) is 2. The van der Waals surface area contributed by atoms with Crippen LogP contribution in [-0.2, 0) is 12.8 Å². The first-order valence-corrected chi connectivity index (χ1v) is 11.7. The lowest BCUT2D eigenvalue weighted by molar-refractivity contribution is 0.103. The summed E-state index contributed by atoms with van der Waals surface area (Å²) < 4.78 is 0. The number of carbonyl (C=O) groups excluding carboxylic acids is 1. The Labute approximate surface area is 194 Å². The van der Waals surface area contributed by atoms with Gasteiger partial charge in [0.2, 0.25) is 0 Å². The van der Waals surface area contributed by atoms with Gasteiger partial charge in [-0.05, 0) is 54.4 Å². The highest BCUT2D eigenvalue weighted by Gasteiger charge is 2.30. The number of benzene rings is 1.